The van der Waals surface area contributed by atoms with E-state index in [-0.39, 0.29) is 37.2 Å². The Labute approximate surface area is 118 Å². The van der Waals surface area contributed by atoms with E-state index >= 15 is 0 Å². The van der Waals surface area contributed by atoms with Crippen molar-refractivity contribution in [3.63, 3.8) is 0 Å². The smallest absolute Gasteiger partial charge is 0.0902 e. The van der Waals surface area contributed by atoms with Gasteiger partial charge in [0.1, 0.15) is 0 Å². The van der Waals surface area contributed by atoms with Crippen molar-refractivity contribution in [2.45, 2.75) is 0 Å². The van der Waals surface area contributed by atoms with Gasteiger partial charge in [0.2, 0.25) is 0 Å². The first-order chi connectivity index (χ1) is 6.00. The molecule has 7 heteroatoms. The summed E-state index contributed by atoms with van der Waals surface area (Å²) in [6.45, 7) is 0. The van der Waals surface area contributed by atoms with Crippen molar-refractivity contribution in [3.8, 4) is 0 Å². The van der Waals surface area contributed by atoms with E-state index in [0.29, 0.717) is 19.8 Å². The van der Waals surface area contributed by atoms with Gasteiger partial charge in [-0.2, -0.15) is 0 Å². The van der Waals surface area contributed by atoms with Crippen molar-refractivity contribution >= 4 is 37.2 Å². The summed E-state index contributed by atoms with van der Waals surface area (Å²) in [4.78, 5) is 0. The molecule has 2 heterocycles. The quantitative estimate of drug-likeness (QED) is 0.675. The number of furan rings is 2. The molecule has 0 unspecified atom stereocenters. The third-order valence-electron chi connectivity index (χ3n) is 0.851. The largest absolute Gasteiger partial charge is 0.473 e. The van der Waals surface area contributed by atoms with Gasteiger partial charge in [0.05, 0.1) is 25.1 Å². The van der Waals surface area contributed by atoms with Gasteiger partial charge >= 0.3 is 23.2 Å². The van der Waals surface area contributed by atoms with E-state index in [1.54, 1.807) is 25.1 Å². The molecule has 2 aromatic heterocycles. The van der Waals surface area contributed by atoms with Crippen LogP contribution in [-0.4, -0.2) is 0 Å². The summed E-state index contributed by atoms with van der Waals surface area (Å²) < 4.78 is 17.4. The molecule has 2 aromatic rings. The van der Waals surface area contributed by atoms with E-state index in [2.05, 4.69) is 8.83 Å². The zero-order chi connectivity index (χ0) is 9.07. The van der Waals surface area contributed by atoms with E-state index in [4.69, 9.17) is 3.40 Å². The van der Waals surface area contributed by atoms with Gasteiger partial charge in [0, 0.05) is 0 Å². The normalized spacial score (nSPS) is 5.60. The molecule has 0 atom stereocenters. The Morgan fingerprint density at radius 1 is 0.600 bits per heavy atom. The summed E-state index contributed by atoms with van der Waals surface area (Å²) in [5.41, 5.74) is 0. The van der Waals surface area contributed by atoms with Crippen molar-refractivity contribution in [2.75, 3.05) is 0 Å². The van der Waals surface area contributed by atoms with Crippen LogP contribution in [0.4, 0.5) is 0 Å². The van der Waals surface area contributed by atoms with E-state index in [0.717, 1.165) is 0 Å². The standard InChI is InChI=1S/2C4H4O.3ClH.Mo.O/c2*1-2-4-5-3-1;;;;;/h2*1-4H;3*1H;;. The molecule has 0 aromatic carbocycles. The van der Waals surface area contributed by atoms with Gasteiger partial charge in [-0.1, -0.05) is 0 Å². The fraction of sp³-hybridized carbons (Fsp3) is 0. The molecule has 0 aliphatic heterocycles. The first kappa shape index (κ1) is 24.2. The fourth-order valence-electron chi connectivity index (χ4n) is 0.454. The van der Waals surface area contributed by atoms with Crippen LogP contribution in [0, 0.1) is 0 Å². The second kappa shape index (κ2) is 23.6. The van der Waals surface area contributed by atoms with Gasteiger partial charge in [0.25, 0.3) is 0 Å². The van der Waals surface area contributed by atoms with Gasteiger partial charge in [-0.15, -0.1) is 37.2 Å². The maximum Gasteiger partial charge on any atom is 0.0902 e. The Morgan fingerprint density at radius 2 is 0.800 bits per heavy atom. The Morgan fingerprint density at radius 3 is 0.867 bits per heavy atom. The molecule has 0 amide bonds. The topological polar surface area (TPSA) is 43.4 Å². The van der Waals surface area contributed by atoms with Crippen LogP contribution in [-0.2, 0) is 23.2 Å². The van der Waals surface area contributed by atoms with Crippen LogP contribution in [0.3, 0.4) is 0 Å². The van der Waals surface area contributed by atoms with Crippen LogP contribution in [0.2, 0.25) is 0 Å². The van der Waals surface area contributed by atoms with Crippen molar-refractivity contribution in [3.05, 3.63) is 49.3 Å². The van der Waals surface area contributed by atoms with Crippen LogP contribution in [0.25, 0.3) is 0 Å². The summed E-state index contributed by atoms with van der Waals surface area (Å²) in [6, 6.07) is 7.33. The number of hydrogen-bond acceptors (Lipinski definition) is 3. The van der Waals surface area contributed by atoms with Crippen LogP contribution in [0.15, 0.2) is 58.2 Å². The van der Waals surface area contributed by atoms with Crippen molar-refractivity contribution in [1.82, 2.24) is 0 Å². The van der Waals surface area contributed by atoms with E-state index in [1.807, 2.05) is 24.3 Å². The van der Waals surface area contributed by atoms with Crippen LogP contribution in [0.5, 0.6) is 0 Å². The Balaban J connectivity index is -0.0000000592. The van der Waals surface area contributed by atoms with E-state index in [1.165, 1.54) is 0 Å². The predicted octanol–water partition coefficient (Wildman–Crippen LogP) is 3.70. The zero-order valence-corrected chi connectivity index (χ0v) is 11.9. The minimum atomic E-state index is 0. The number of hydrogen-bond donors (Lipinski definition) is 0. The number of halogens is 3. The van der Waals surface area contributed by atoms with Gasteiger partial charge < -0.3 is 8.83 Å². The SMILES string of the molecule is Cl.Cl.Cl.[O]=[Mo].c1ccoc1.c1ccoc1. The molecule has 0 aliphatic carbocycles. The molecule has 3 nitrogen and oxygen atoms in total. The van der Waals surface area contributed by atoms with E-state index in [9.17, 15) is 0 Å². The second-order valence-corrected chi connectivity index (χ2v) is 1.59. The minimum Gasteiger partial charge on any atom is -0.473 e. The summed E-state index contributed by atoms with van der Waals surface area (Å²) in [7, 11) is 0. The summed E-state index contributed by atoms with van der Waals surface area (Å²) in [5.74, 6) is 0. The molecule has 15 heavy (non-hydrogen) atoms. The summed E-state index contributed by atoms with van der Waals surface area (Å²) in [5, 5.41) is 0. The molecule has 0 saturated heterocycles. The van der Waals surface area contributed by atoms with Crippen molar-refractivity contribution in [2.24, 2.45) is 0 Å². The first-order valence-corrected chi connectivity index (χ1v) is 3.93. The fourth-order valence-corrected chi connectivity index (χ4v) is 0.454. The Bertz CT molecular complexity index is 177. The van der Waals surface area contributed by atoms with E-state index < -0.39 is 0 Å². The van der Waals surface area contributed by atoms with Crippen molar-refractivity contribution in [1.29, 1.82) is 0 Å². The van der Waals surface area contributed by atoms with Gasteiger partial charge in [-0.25, -0.2) is 0 Å². The third kappa shape index (κ3) is 20.1. The molecule has 2 rings (SSSR count). The monoisotopic (exact) mass is 358 g/mol. The average Bonchev–Trinajstić information content (AvgIpc) is 2.87. The van der Waals surface area contributed by atoms with Crippen LogP contribution >= 0.6 is 37.2 Å². The maximum atomic E-state index is 8.26. The van der Waals surface area contributed by atoms with Crippen LogP contribution < -0.4 is 0 Å². The molecule has 0 saturated carbocycles. The van der Waals surface area contributed by atoms with Crippen molar-refractivity contribution < 1.29 is 32.0 Å². The molecular weight excluding hydrogens is 346 g/mol. The Kier molecular flexibility index (Phi) is 38.2. The van der Waals surface area contributed by atoms with Gasteiger partial charge in [-0.3, -0.25) is 0 Å². The van der Waals surface area contributed by atoms with Crippen LogP contribution in [0.1, 0.15) is 0 Å². The number of rotatable bonds is 0. The molecule has 0 bridgehead atoms. The first-order valence-electron chi connectivity index (χ1n) is 3.11. The third-order valence-corrected chi connectivity index (χ3v) is 0.851. The zero-order valence-electron chi connectivity index (χ0n) is 7.48. The molecule has 88 valence electrons. The molecule has 0 aliphatic rings. The summed E-state index contributed by atoms with van der Waals surface area (Å²) in [6.07, 6.45) is 6.50. The maximum absolute atomic E-state index is 8.26. The molecule has 0 N–H and O–H groups in total. The molecule has 0 spiro atoms. The Hall–Kier alpha value is -0.0817. The molecule has 0 radical (unpaired) electrons. The van der Waals surface area contributed by atoms with Gasteiger partial charge in [0.15, 0.2) is 0 Å². The minimum absolute atomic E-state index is 0. The predicted molar refractivity (Wildman–Crippen MR) is 59.8 cm³/mol. The molecule has 0 fully saturated rings. The average molecular weight is 357 g/mol. The summed E-state index contributed by atoms with van der Waals surface area (Å²) >= 11 is 0.700. The molecular formula is C8H11Cl3MoO3. The van der Waals surface area contributed by atoms with Gasteiger partial charge in [-0.05, 0) is 24.3 Å². The second-order valence-electron chi connectivity index (χ2n) is 1.59.